The number of rotatable bonds is 6. The maximum absolute atomic E-state index is 12.1. The first-order valence-electron chi connectivity index (χ1n) is 8.61. The Bertz CT molecular complexity index is 309. The molecule has 1 aliphatic heterocycles. The smallest absolute Gasteiger partial charge is 0.234 e. The molecule has 1 aliphatic carbocycles. The van der Waals surface area contributed by atoms with Crippen LogP contribution in [-0.2, 0) is 4.79 Å². The molecule has 1 saturated heterocycles. The van der Waals surface area contributed by atoms with Gasteiger partial charge in [-0.1, -0.05) is 26.2 Å². The first kappa shape index (κ1) is 16.7. The fourth-order valence-corrected chi connectivity index (χ4v) is 3.37. The number of hydrogen-bond donors (Lipinski definition) is 2. The van der Waals surface area contributed by atoms with Crippen molar-refractivity contribution >= 4 is 5.91 Å². The van der Waals surface area contributed by atoms with Crippen molar-refractivity contribution in [2.24, 2.45) is 11.7 Å². The Kier molecular flexibility index (Phi) is 6.93. The third-order valence-electron chi connectivity index (χ3n) is 4.77. The highest BCUT2D eigenvalue weighted by Gasteiger charge is 2.21. The van der Waals surface area contributed by atoms with Crippen LogP contribution in [0.2, 0.25) is 0 Å². The second kappa shape index (κ2) is 8.71. The summed E-state index contributed by atoms with van der Waals surface area (Å²) in [5.41, 5.74) is 5.68. The van der Waals surface area contributed by atoms with Gasteiger partial charge in [0.25, 0.3) is 0 Å². The van der Waals surface area contributed by atoms with E-state index in [9.17, 15) is 4.79 Å². The highest BCUT2D eigenvalue weighted by molar-refractivity contribution is 5.78. The van der Waals surface area contributed by atoms with Crippen LogP contribution < -0.4 is 11.1 Å². The Labute approximate surface area is 129 Å². The lowest BCUT2D eigenvalue weighted by Gasteiger charge is -2.35. The summed E-state index contributed by atoms with van der Waals surface area (Å²) in [6.45, 7) is 8.70. The second-order valence-corrected chi connectivity index (χ2v) is 6.82. The van der Waals surface area contributed by atoms with E-state index < -0.39 is 0 Å². The van der Waals surface area contributed by atoms with Gasteiger partial charge >= 0.3 is 0 Å². The molecular formula is C16H32N4O. The van der Waals surface area contributed by atoms with Crippen molar-refractivity contribution in [1.29, 1.82) is 0 Å². The molecule has 1 unspecified atom stereocenters. The Morgan fingerprint density at radius 3 is 2.38 bits per heavy atom. The number of hydrogen-bond acceptors (Lipinski definition) is 4. The summed E-state index contributed by atoms with van der Waals surface area (Å²) >= 11 is 0. The van der Waals surface area contributed by atoms with Gasteiger partial charge in [-0.15, -0.1) is 0 Å². The van der Waals surface area contributed by atoms with Crippen molar-refractivity contribution in [2.75, 3.05) is 45.8 Å². The van der Waals surface area contributed by atoms with Crippen LogP contribution in [0.25, 0.3) is 0 Å². The molecule has 0 bridgehead atoms. The topological polar surface area (TPSA) is 61.6 Å². The van der Waals surface area contributed by atoms with E-state index in [1.165, 1.54) is 19.3 Å². The van der Waals surface area contributed by atoms with E-state index in [2.05, 4.69) is 22.0 Å². The van der Waals surface area contributed by atoms with Gasteiger partial charge in [0, 0.05) is 38.8 Å². The number of nitrogens with two attached hydrogens (primary N) is 1. The number of carbonyl (C=O) groups excluding carboxylic acids is 1. The van der Waals surface area contributed by atoms with E-state index >= 15 is 0 Å². The van der Waals surface area contributed by atoms with E-state index in [4.69, 9.17) is 5.73 Å². The summed E-state index contributed by atoms with van der Waals surface area (Å²) in [5.74, 6) is 0.775. The fraction of sp³-hybridized carbons (Fsp3) is 0.938. The maximum Gasteiger partial charge on any atom is 0.234 e. The van der Waals surface area contributed by atoms with Gasteiger partial charge in [-0.05, 0) is 25.3 Å². The minimum atomic E-state index is 0.214. The van der Waals surface area contributed by atoms with E-state index in [0.717, 1.165) is 52.1 Å². The van der Waals surface area contributed by atoms with Crippen LogP contribution in [0.3, 0.4) is 0 Å². The molecular weight excluding hydrogens is 264 g/mol. The SMILES string of the molecule is CC(CN)CN1CCN(CC(=O)NC2CCCCC2)CC1. The van der Waals surface area contributed by atoms with Gasteiger partial charge in [0.1, 0.15) is 0 Å². The average Bonchev–Trinajstić information content (AvgIpc) is 2.50. The summed E-state index contributed by atoms with van der Waals surface area (Å²) in [6, 6.07) is 0.429. The molecule has 2 aliphatic rings. The predicted octanol–water partition coefficient (Wildman–Crippen LogP) is 0.648. The summed E-state index contributed by atoms with van der Waals surface area (Å²) < 4.78 is 0. The van der Waals surface area contributed by atoms with Crippen molar-refractivity contribution in [3.05, 3.63) is 0 Å². The summed E-state index contributed by atoms with van der Waals surface area (Å²) in [6.07, 6.45) is 6.19. The molecule has 0 aromatic carbocycles. The quantitative estimate of drug-likeness (QED) is 0.755. The van der Waals surface area contributed by atoms with E-state index in [1.807, 2.05) is 0 Å². The Morgan fingerprint density at radius 2 is 1.76 bits per heavy atom. The van der Waals surface area contributed by atoms with Gasteiger partial charge in [0.05, 0.1) is 6.54 Å². The first-order valence-corrected chi connectivity index (χ1v) is 8.61. The molecule has 0 aromatic heterocycles. The fourth-order valence-electron chi connectivity index (χ4n) is 3.37. The lowest BCUT2D eigenvalue weighted by Crippen LogP contribution is -2.51. The molecule has 21 heavy (non-hydrogen) atoms. The molecule has 0 aromatic rings. The minimum Gasteiger partial charge on any atom is -0.352 e. The average molecular weight is 296 g/mol. The zero-order valence-corrected chi connectivity index (χ0v) is 13.5. The van der Waals surface area contributed by atoms with Crippen molar-refractivity contribution in [3.8, 4) is 0 Å². The van der Waals surface area contributed by atoms with Gasteiger partial charge in [-0.25, -0.2) is 0 Å². The summed E-state index contributed by atoms with van der Waals surface area (Å²) in [7, 11) is 0. The number of amides is 1. The summed E-state index contributed by atoms with van der Waals surface area (Å²) in [4.78, 5) is 16.8. The lowest BCUT2D eigenvalue weighted by molar-refractivity contribution is -0.123. The monoisotopic (exact) mass is 296 g/mol. The van der Waals surface area contributed by atoms with Gasteiger partial charge in [0.2, 0.25) is 5.91 Å². The second-order valence-electron chi connectivity index (χ2n) is 6.82. The van der Waals surface area contributed by atoms with Gasteiger partial charge in [-0.2, -0.15) is 0 Å². The van der Waals surface area contributed by atoms with Gasteiger partial charge in [-0.3, -0.25) is 9.69 Å². The zero-order valence-electron chi connectivity index (χ0n) is 13.5. The number of carbonyl (C=O) groups is 1. The lowest BCUT2D eigenvalue weighted by atomic mass is 9.95. The maximum atomic E-state index is 12.1. The van der Waals surface area contributed by atoms with Crippen LogP contribution in [0.1, 0.15) is 39.0 Å². The first-order chi connectivity index (χ1) is 10.2. The van der Waals surface area contributed by atoms with Crippen molar-refractivity contribution in [1.82, 2.24) is 15.1 Å². The van der Waals surface area contributed by atoms with Crippen LogP contribution in [0.5, 0.6) is 0 Å². The van der Waals surface area contributed by atoms with E-state index in [0.29, 0.717) is 18.5 Å². The standard InChI is InChI=1S/C16H32N4O/c1-14(11-17)12-19-7-9-20(10-8-19)13-16(21)18-15-5-3-2-4-6-15/h14-15H,2-13,17H2,1H3,(H,18,21). The minimum absolute atomic E-state index is 0.214. The van der Waals surface area contributed by atoms with Crippen molar-refractivity contribution < 1.29 is 4.79 Å². The molecule has 5 heteroatoms. The van der Waals surface area contributed by atoms with Gasteiger partial charge in [0.15, 0.2) is 0 Å². The predicted molar refractivity (Wildman–Crippen MR) is 86.1 cm³/mol. The third kappa shape index (κ3) is 5.93. The highest BCUT2D eigenvalue weighted by atomic mass is 16.2. The Morgan fingerprint density at radius 1 is 1.14 bits per heavy atom. The molecule has 0 spiro atoms. The van der Waals surface area contributed by atoms with Crippen LogP contribution >= 0.6 is 0 Å². The van der Waals surface area contributed by atoms with E-state index in [1.54, 1.807) is 0 Å². The largest absolute Gasteiger partial charge is 0.352 e. The molecule has 5 nitrogen and oxygen atoms in total. The third-order valence-corrected chi connectivity index (χ3v) is 4.77. The molecule has 1 saturated carbocycles. The van der Waals surface area contributed by atoms with E-state index in [-0.39, 0.29) is 5.91 Å². The molecule has 122 valence electrons. The van der Waals surface area contributed by atoms with Crippen LogP contribution in [0, 0.1) is 5.92 Å². The van der Waals surface area contributed by atoms with Crippen molar-refractivity contribution in [2.45, 2.75) is 45.1 Å². The molecule has 1 amide bonds. The van der Waals surface area contributed by atoms with Crippen LogP contribution in [-0.4, -0.2) is 67.6 Å². The van der Waals surface area contributed by atoms with Gasteiger partial charge < -0.3 is 16.0 Å². The normalized spacial score (nSPS) is 23.9. The van der Waals surface area contributed by atoms with Crippen LogP contribution in [0.4, 0.5) is 0 Å². The molecule has 2 fully saturated rings. The highest BCUT2D eigenvalue weighted by Crippen LogP contribution is 2.17. The molecule has 1 heterocycles. The Hall–Kier alpha value is -0.650. The molecule has 0 radical (unpaired) electrons. The van der Waals surface area contributed by atoms with Crippen molar-refractivity contribution in [3.63, 3.8) is 0 Å². The zero-order chi connectivity index (χ0) is 15.1. The number of piperazine rings is 1. The number of nitrogens with one attached hydrogen (secondary N) is 1. The van der Waals surface area contributed by atoms with Crippen LogP contribution in [0.15, 0.2) is 0 Å². The summed E-state index contributed by atoms with van der Waals surface area (Å²) in [5, 5.41) is 3.21. The number of nitrogens with zero attached hydrogens (tertiary/aromatic N) is 2. The molecule has 3 N–H and O–H groups in total. The Balaban J connectivity index is 1.62. The molecule has 2 rings (SSSR count). The molecule has 1 atom stereocenters.